The molecule has 2 saturated heterocycles. The fourth-order valence-electron chi connectivity index (χ4n) is 2.74. The van der Waals surface area contributed by atoms with Gasteiger partial charge in [-0.05, 0) is 32.0 Å². The van der Waals surface area contributed by atoms with Crippen LogP contribution in [-0.4, -0.2) is 62.5 Å². The van der Waals surface area contributed by atoms with Gasteiger partial charge in [-0.15, -0.1) is 0 Å². The van der Waals surface area contributed by atoms with Crippen molar-refractivity contribution in [2.24, 2.45) is 0 Å². The van der Waals surface area contributed by atoms with Crippen molar-refractivity contribution in [1.29, 1.82) is 0 Å². The largest absolute Gasteiger partial charge is 0.457 e. The van der Waals surface area contributed by atoms with Crippen molar-refractivity contribution in [3.63, 3.8) is 0 Å². The van der Waals surface area contributed by atoms with Crippen LogP contribution in [-0.2, 0) is 28.2 Å². The molecule has 2 fully saturated rings. The van der Waals surface area contributed by atoms with E-state index >= 15 is 0 Å². The van der Waals surface area contributed by atoms with Crippen molar-refractivity contribution < 1.29 is 33.3 Å². The standard InChI is InChI=1S/C17H32O7Si/c1-10(18)21-13-12(22-15-14(13)23-17(5,6)24-15)11(19)9-20-25(7,8)16(2,3)4/h11-15,19H,9H2,1-8H3/t11-,12-,13+,14-,15-/m1/s1. The molecule has 2 aliphatic rings. The number of fused-ring (bicyclic) bond motifs is 1. The minimum Gasteiger partial charge on any atom is -0.457 e. The van der Waals surface area contributed by atoms with Gasteiger partial charge in [0.25, 0.3) is 0 Å². The average molecular weight is 377 g/mol. The van der Waals surface area contributed by atoms with Gasteiger partial charge in [-0.1, -0.05) is 20.8 Å². The molecule has 5 atom stereocenters. The smallest absolute Gasteiger partial charge is 0.303 e. The molecule has 25 heavy (non-hydrogen) atoms. The molecule has 2 aliphatic heterocycles. The van der Waals surface area contributed by atoms with Gasteiger partial charge >= 0.3 is 5.97 Å². The Hall–Kier alpha value is -0.513. The van der Waals surface area contributed by atoms with Gasteiger partial charge in [0.2, 0.25) is 0 Å². The van der Waals surface area contributed by atoms with Crippen molar-refractivity contribution in [3.8, 4) is 0 Å². The molecule has 8 heteroatoms. The summed E-state index contributed by atoms with van der Waals surface area (Å²) in [6.45, 7) is 15.6. The number of aliphatic hydroxyl groups is 1. The van der Waals surface area contributed by atoms with E-state index in [0.717, 1.165) is 0 Å². The molecular weight excluding hydrogens is 344 g/mol. The molecule has 0 amide bonds. The first-order chi connectivity index (χ1) is 11.2. The summed E-state index contributed by atoms with van der Waals surface area (Å²) in [5, 5.41) is 10.6. The van der Waals surface area contributed by atoms with Crippen LogP contribution in [0.3, 0.4) is 0 Å². The van der Waals surface area contributed by atoms with Gasteiger partial charge in [0.15, 0.2) is 32.6 Å². The lowest BCUT2D eigenvalue weighted by Crippen LogP contribution is -2.48. The summed E-state index contributed by atoms with van der Waals surface area (Å²) in [6.07, 6.45) is -3.67. The summed E-state index contributed by atoms with van der Waals surface area (Å²) in [4.78, 5) is 11.5. The highest BCUT2D eigenvalue weighted by atomic mass is 28.4. The molecule has 0 spiro atoms. The van der Waals surface area contributed by atoms with Gasteiger partial charge in [0, 0.05) is 6.92 Å². The van der Waals surface area contributed by atoms with Crippen LogP contribution >= 0.6 is 0 Å². The van der Waals surface area contributed by atoms with Gasteiger partial charge in [-0.3, -0.25) is 4.79 Å². The monoisotopic (exact) mass is 376 g/mol. The third-order valence-electron chi connectivity index (χ3n) is 5.13. The van der Waals surface area contributed by atoms with Crippen LogP contribution in [0.1, 0.15) is 41.5 Å². The normalized spacial score (nSPS) is 33.2. The second kappa shape index (κ2) is 6.90. The fraction of sp³-hybridized carbons (Fsp3) is 0.941. The maximum atomic E-state index is 11.5. The Bertz CT molecular complexity index is 500. The minimum absolute atomic E-state index is 0.0330. The van der Waals surface area contributed by atoms with Gasteiger partial charge < -0.3 is 28.5 Å². The molecule has 0 aromatic rings. The number of carbonyl (C=O) groups excluding carboxylic acids is 1. The van der Waals surface area contributed by atoms with Crippen LogP contribution in [0.5, 0.6) is 0 Å². The third-order valence-corrected chi connectivity index (χ3v) is 9.63. The number of hydrogen-bond donors (Lipinski definition) is 1. The zero-order valence-corrected chi connectivity index (χ0v) is 17.5. The van der Waals surface area contributed by atoms with E-state index in [-0.39, 0.29) is 11.6 Å². The van der Waals surface area contributed by atoms with Crippen LogP contribution in [0.25, 0.3) is 0 Å². The number of esters is 1. The van der Waals surface area contributed by atoms with E-state index in [2.05, 4.69) is 33.9 Å². The van der Waals surface area contributed by atoms with Crippen molar-refractivity contribution in [3.05, 3.63) is 0 Å². The summed E-state index contributed by atoms with van der Waals surface area (Å²) < 4.78 is 28.7. The van der Waals surface area contributed by atoms with E-state index in [4.69, 9.17) is 23.4 Å². The Labute approximate surface area is 151 Å². The van der Waals surface area contributed by atoms with Crippen LogP contribution in [0, 0.1) is 0 Å². The van der Waals surface area contributed by atoms with E-state index in [1.165, 1.54) is 6.92 Å². The maximum absolute atomic E-state index is 11.5. The Morgan fingerprint density at radius 2 is 1.88 bits per heavy atom. The quantitative estimate of drug-likeness (QED) is 0.581. The van der Waals surface area contributed by atoms with Gasteiger partial charge in [-0.25, -0.2) is 0 Å². The van der Waals surface area contributed by atoms with E-state index in [9.17, 15) is 9.90 Å². The molecule has 1 N–H and O–H groups in total. The molecule has 0 aromatic heterocycles. The molecule has 2 rings (SSSR count). The average Bonchev–Trinajstić information content (AvgIpc) is 2.88. The van der Waals surface area contributed by atoms with E-state index in [1.54, 1.807) is 13.8 Å². The van der Waals surface area contributed by atoms with Crippen molar-refractivity contribution in [1.82, 2.24) is 0 Å². The van der Waals surface area contributed by atoms with Gasteiger partial charge in [0.05, 0.1) is 6.61 Å². The predicted octanol–water partition coefficient (Wildman–Crippen LogP) is 2.18. The van der Waals surface area contributed by atoms with Crippen molar-refractivity contribution >= 4 is 14.3 Å². The van der Waals surface area contributed by atoms with Crippen molar-refractivity contribution in [2.45, 2.75) is 96.2 Å². The number of rotatable bonds is 5. The molecule has 146 valence electrons. The van der Waals surface area contributed by atoms with Crippen LogP contribution in [0.4, 0.5) is 0 Å². The first-order valence-electron chi connectivity index (χ1n) is 8.74. The maximum Gasteiger partial charge on any atom is 0.303 e. The van der Waals surface area contributed by atoms with Gasteiger partial charge in [0.1, 0.15) is 12.2 Å². The number of aliphatic hydroxyl groups excluding tert-OH is 1. The molecule has 0 radical (unpaired) electrons. The summed E-state index contributed by atoms with van der Waals surface area (Å²) in [5.74, 6) is -1.27. The highest BCUT2D eigenvalue weighted by molar-refractivity contribution is 6.74. The van der Waals surface area contributed by atoms with E-state index in [0.29, 0.717) is 0 Å². The number of hydrogen-bond acceptors (Lipinski definition) is 7. The second-order valence-electron chi connectivity index (χ2n) is 8.78. The van der Waals surface area contributed by atoms with E-state index in [1.807, 2.05) is 0 Å². The number of ether oxygens (including phenoxy) is 4. The zero-order chi connectivity index (χ0) is 19.2. The highest BCUT2D eigenvalue weighted by Gasteiger charge is 2.58. The first kappa shape index (κ1) is 20.8. The Morgan fingerprint density at radius 1 is 1.28 bits per heavy atom. The topological polar surface area (TPSA) is 83.5 Å². The number of carbonyl (C=O) groups is 1. The molecule has 0 bridgehead atoms. The van der Waals surface area contributed by atoms with E-state index < -0.39 is 50.8 Å². The van der Waals surface area contributed by atoms with Gasteiger partial charge in [-0.2, -0.15) is 0 Å². The molecule has 0 unspecified atom stereocenters. The lowest BCUT2D eigenvalue weighted by molar-refractivity contribution is -0.230. The predicted molar refractivity (Wildman–Crippen MR) is 93.4 cm³/mol. The third kappa shape index (κ3) is 4.61. The second-order valence-corrected chi connectivity index (χ2v) is 13.6. The first-order valence-corrected chi connectivity index (χ1v) is 11.6. The minimum atomic E-state index is -2.01. The molecule has 0 aromatic carbocycles. The summed E-state index contributed by atoms with van der Waals surface area (Å²) in [7, 11) is -2.01. The van der Waals surface area contributed by atoms with Crippen LogP contribution in [0.2, 0.25) is 18.1 Å². The molecular formula is C17H32O7Si. The SMILES string of the molecule is CC(=O)O[C@@H]1[C@H]2OC(C)(C)O[C@H]2O[C@@H]1[C@H](O)CO[Si](C)(C)C(C)(C)C. The Morgan fingerprint density at radius 3 is 2.40 bits per heavy atom. The van der Waals surface area contributed by atoms with Crippen LogP contribution in [0.15, 0.2) is 0 Å². The summed E-state index contributed by atoms with van der Waals surface area (Å²) in [6, 6.07) is 0. The highest BCUT2D eigenvalue weighted by Crippen LogP contribution is 2.40. The molecule has 7 nitrogen and oxygen atoms in total. The summed E-state index contributed by atoms with van der Waals surface area (Å²) in [5.41, 5.74) is 0. The lowest BCUT2D eigenvalue weighted by Gasteiger charge is -2.37. The zero-order valence-electron chi connectivity index (χ0n) is 16.5. The Kier molecular flexibility index (Phi) is 5.74. The Balaban J connectivity index is 2.05. The van der Waals surface area contributed by atoms with Crippen molar-refractivity contribution in [2.75, 3.05) is 6.61 Å². The fourth-order valence-corrected chi connectivity index (χ4v) is 3.77. The molecule has 0 aliphatic carbocycles. The molecule has 0 saturated carbocycles. The lowest BCUT2D eigenvalue weighted by atomic mass is 10.1. The summed E-state index contributed by atoms with van der Waals surface area (Å²) >= 11 is 0. The van der Waals surface area contributed by atoms with Crippen LogP contribution < -0.4 is 0 Å². The molecule has 2 heterocycles.